The van der Waals surface area contributed by atoms with Gasteiger partial charge in [0.05, 0.1) is 11.6 Å². The van der Waals surface area contributed by atoms with Crippen molar-refractivity contribution in [2.45, 2.75) is 38.3 Å². The van der Waals surface area contributed by atoms with E-state index in [9.17, 15) is 10.1 Å². The quantitative estimate of drug-likeness (QED) is 0.860. The van der Waals surface area contributed by atoms with E-state index in [2.05, 4.69) is 16.3 Å². The molecule has 0 aliphatic heterocycles. The van der Waals surface area contributed by atoms with Crippen LogP contribution in [0.4, 0.5) is 0 Å². The fraction of sp³-hybridized carbons (Fsp3) is 0.500. The molecule has 0 saturated heterocycles. The second kappa shape index (κ2) is 4.95. The van der Waals surface area contributed by atoms with Crippen LogP contribution in [0, 0.1) is 11.3 Å². The maximum atomic E-state index is 12.6. The number of rotatable bonds is 3. The first kappa shape index (κ1) is 14.0. The van der Waals surface area contributed by atoms with Gasteiger partial charge in [-0.25, -0.2) is 0 Å². The number of hydrogen-bond acceptors (Lipinski definition) is 4. The molecule has 19 heavy (non-hydrogen) atoms. The van der Waals surface area contributed by atoms with E-state index in [1.54, 1.807) is 18.7 Å². The molecule has 1 aliphatic rings. The number of carbonyl (C=O) groups is 1. The average Bonchev–Trinajstić information content (AvgIpc) is 3.16. The molecule has 2 rings (SSSR count). The zero-order valence-corrected chi connectivity index (χ0v) is 12.0. The molecular weight excluding hydrogens is 287 g/mol. The fourth-order valence-corrected chi connectivity index (χ4v) is 2.22. The van der Waals surface area contributed by atoms with Gasteiger partial charge < -0.3 is 4.90 Å². The molecule has 1 saturated carbocycles. The van der Waals surface area contributed by atoms with E-state index in [-0.39, 0.29) is 27.8 Å². The summed E-state index contributed by atoms with van der Waals surface area (Å²) in [5.41, 5.74) is -0.728. The highest BCUT2D eigenvalue weighted by atomic mass is 35.5. The smallest absolute Gasteiger partial charge is 0.258 e. The van der Waals surface area contributed by atoms with Crippen molar-refractivity contribution in [2.75, 3.05) is 0 Å². The van der Waals surface area contributed by atoms with Crippen LogP contribution in [-0.4, -0.2) is 32.6 Å². The summed E-state index contributed by atoms with van der Waals surface area (Å²) in [6, 6.07) is 3.59. The van der Waals surface area contributed by atoms with Gasteiger partial charge in [0.2, 0.25) is 0 Å². The number of carbonyl (C=O) groups excluding carboxylic acids is 1. The third kappa shape index (κ3) is 2.80. The first-order chi connectivity index (χ1) is 8.86. The van der Waals surface area contributed by atoms with Crippen LogP contribution >= 0.6 is 23.2 Å². The minimum atomic E-state index is -0.905. The molecule has 1 aromatic heterocycles. The standard InChI is InChI=1S/C12H12Cl2N4O/c1-12(2,6-15)18(7-3-4-7)11(19)8-5-9(13)16-17-10(8)14/h5,7H,3-4H2,1-2H3. The van der Waals surface area contributed by atoms with Crippen LogP contribution in [0.2, 0.25) is 10.3 Å². The Labute approximate surface area is 121 Å². The Balaban J connectivity index is 2.41. The minimum absolute atomic E-state index is 0.00575. The molecule has 1 aliphatic carbocycles. The molecule has 0 unspecified atom stereocenters. The van der Waals surface area contributed by atoms with E-state index in [0.29, 0.717) is 0 Å². The van der Waals surface area contributed by atoms with E-state index in [4.69, 9.17) is 23.2 Å². The molecule has 1 aromatic rings. The fourth-order valence-electron chi connectivity index (χ4n) is 1.90. The van der Waals surface area contributed by atoms with Gasteiger partial charge in [-0.15, -0.1) is 10.2 Å². The van der Waals surface area contributed by atoms with Crippen molar-refractivity contribution in [3.63, 3.8) is 0 Å². The Morgan fingerprint density at radius 3 is 2.63 bits per heavy atom. The molecule has 0 spiro atoms. The summed E-state index contributed by atoms with van der Waals surface area (Å²) in [7, 11) is 0. The summed E-state index contributed by atoms with van der Waals surface area (Å²) in [6.45, 7) is 3.40. The zero-order valence-electron chi connectivity index (χ0n) is 10.5. The van der Waals surface area contributed by atoms with Gasteiger partial charge in [0.15, 0.2) is 10.3 Å². The third-order valence-electron chi connectivity index (χ3n) is 2.96. The van der Waals surface area contributed by atoms with Crippen molar-refractivity contribution >= 4 is 29.1 Å². The lowest BCUT2D eigenvalue weighted by Crippen LogP contribution is -2.48. The number of hydrogen-bond donors (Lipinski definition) is 0. The molecule has 0 N–H and O–H groups in total. The van der Waals surface area contributed by atoms with Crippen molar-refractivity contribution in [2.24, 2.45) is 0 Å². The molecule has 0 radical (unpaired) electrons. The van der Waals surface area contributed by atoms with E-state index in [0.717, 1.165) is 12.8 Å². The van der Waals surface area contributed by atoms with Crippen molar-refractivity contribution in [1.29, 1.82) is 5.26 Å². The van der Waals surface area contributed by atoms with Crippen molar-refractivity contribution in [1.82, 2.24) is 15.1 Å². The lowest BCUT2D eigenvalue weighted by atomic mass is 10.0. The lowest BCUT2D eigenvalue weighted by Gasteiger charge is -2.33. The Morgan fingerprint density at radius 1 is 1.47 bits per heavy atom. The van der Waals surface area contributed by atoms with Crippen LogP contribution < -0.4 is 0 Å². The average molecular weight is 299 g/mol. The molecule has 0 bridgehead atoms. The zero-order chi connectivity index (χ0) is 14.2. The summed E-state index contributed by atoms with van der Waals surface area (Å²) in [5, 5.41) is 16.5. The lowest BCUT2D eigenvalue weighted by molar-refractivity contribution is 0.0614. The third-order valence-corrected chi connectivity index (χ3v) is 3.42. The van der Waals surface area contributed by atoms with Crippen LogP contribution in [0.15, 0.2) is 6.07 Å². The predicted octanol–water partition coefficient (Wildman–Crippen LogP) is 2.69. The number of aromatic nitrogens is 2. The van der Waals surface area contributed by atoms with Gasteiger partial charge >= 0.3 is 0 Å². The highest BCUT2D eigenvalue weighted by Crippen LogP contribution is 2.35. The van der Waals surface area contributed by atoms with Crippen molar-refractivity contribution < 1.29 is 4.79 Å². The summed E-state index contributed by atoms with van der Waals surface area (Å²) >= 11 is 11.6. The number of halogens is 2. The maximum absolute atomic E-state index is 12.6. The van der Waals surface area contributed by atoms with Crippen LogP contribution in [0.3, 0.4) is 0 Å². The molecule has 1 fully saturated rings. The van der Waals surface area contributed by atoms with Crippen molar-refractivity contribution in [3.05, 3.63) is 21.9 Å². The Kier molecular flexibility index (Phi) is 3.66. The van der Waals surface area contributed by atoms with Gasteiger partial charge in [-0.1, -0.05) is 23.2 Å². The molecule has 0 atom stereocenters. The van der Waals surface area contributed by atoms with E-state index >= 15 is 0 Å². The second-order valence-electron chi connectivity index (χ2n) is 4.95. The molecule has 1 amide bonds. The summed E-state index contributed by atoms with van der Waals surface area (Å²) < 4.78 is 0. The largest absolute Gasteiger partial charge is 0.317 e. The Morgan fingerprint density at radius 2 is 2.11 bits per heavy atom. The van der Waals surface area contributed by atoms with Gasteiger partial charge in [0.25, 0.3) is 5.91 Å². The maximum Gasteiger partial charge on any atom is 0.258 e. The van der Waals surface area contributed by atoms with Gasteiger partial charge in [0.1, 0.15) is 5.54 Å². The molecule has 0 aromatic carbocycles. The van der Waals surface area contributed by atoms with Gasteiger partial charge in [-0.05, 0) is 32.8 Å². The normalized spacial score (nSPS) is 14.9. The first-order valence-corrected chi connectivity index (χ1v) is 6.56. The molecule has 1 heterocycles. The highest BCUT2D eigenvalue weighted by molar-refractivity contribution is 6.34. The van der Waals surface area contributed by atoms with Crippen LogP contribution in [0.25, 0.3) is 0 Å². The molecule has 100 valence electrons. The topological polar surface area (TPSA) is 69.9 Å². The van der Waals surface area contributed by atoms with Gasteiger partial charge in [-0.3, -0.25) is 4.79 Å². The number of amides is 1. The number of nitriles is 1. The van der Waals surface area contributed by atoms with Crippen LogP contribution in [0.5, 0.6) is 0 Å². The Bertz CT molecular complexity index is 563. The van der Waals surface area contributed by atoms with Crippen LogP contribution in [0.1, 0.15) is 37.0 Å². The van der Waals surface area contributed by atoms with Crippen LogP contribution in [-0.2, 0) is 0 Å². The minimum Gasteiger partial charge on any atom is -0.317 e. The SMILES string of the molecule is CC(C)(C#N)N(C(=O)c1cc(Cl)nnc1Cl)C1CC1. The monoisotopic (exact) mass is 298 g/mol. The van der Waals surface area contributed by atoms with E-state index in [1.165, 1.54) is 6.07 Å². The summed E-state index contributed by atoms with van der Waals surface area (Å²) in [6.07, 6.45) is 1.78. The van der Waals surface area contributed by atoms with E-state index < -0.39 is 5.54 Å². The Hall–Kier alpha value is -1.38. The first-order valence-electron chi connectivity index (χ1n) is 5.80. The van der Waals surface area contributed by atoms with Gasteiger partial charge in [0, 0.05) is 6.04 Å². The van der Waals surface area contributed by atoms with Gasteiger partial charge in [-0.2, -0.15) is 5.26 Å². The second-order valence-corrected chi connectivity index (χ2v) is 5.69. The predicted molar refractivity (Wildman–Crippen MR) is 70.9 cm³/mol. The highest BCUT2D eigenvalue weighted by Gasteiger charge is 2.43. The molecular formula is C12H12Cl2N4O. The molecule has 5 nitrogen and oxygen atoms in total. The molecule has 7 heteroatoms. The summed E-state index contributed by atoms with van der Waals surface area (Å²) in [4.78, 5) is 14.1. The van der Waals surface area contributed by atoms with E-state index in [1.807, 2.05) is 0 Å². The van der Waals surface area contributed by atoms with Crippen molar-refractivity contribution in [3.8, 4) is 6.07 Å². The number of nitrogens with zero attached hydrogens (tertiary/aromatic N) is 4. The summed E-state index contributed by atoms with van der Waals surface area (Å²) in [5.74, 6) is -0.337.